The number of rotatable bonds is 8. The molecule has 0 bridgehead atoms. The number of nitrogens with one attached hydrogen (secondary N) is 1. The Kier molecular flexibility index (Phi) is 7.01. The second-order valence-corrected chi connectivity index (χ2v) is 7.81. The van der Waals surface area contributed by atoms with Crippen LogP contribution in [0, 0.1) is 0 Å². The molecule has 28 heavy (non-hydrogen) atoms. The van der Waals surface area contributed by atoms with E-state index in [-0.39, 0.29) is 24.4 Å². The first-order valence-electron chi connectivity index (χ1n) is 8.08. The Morgan fingerprint density at radius 2 is 2.18 bits per heavy atom. The number of carbonyl (C=O) groups excluding carboxylic acids is 4. The number of primary amides is 1. The van der Waals surface area contributed by atoms with Gasteiger partial charge in [0.1, 0.15) is 12.0 Å². The second-order valence-electron chi connectivity index (χ2n) is 5.81. The lowest BCUT2D eigenvalue weighted by Crippen LogP contribution is -2.81. The van der Waals surface area contributed by atoms with Gasteiger partial charge in [-0.3, -0.25) is 14.5 Å². The molecule has 154 valence electrons. The maximum absolute atomic E-state index is 12.8. The first-order valence-corrected chi connectivity index (χ1v) is 10.3. The summed E-state index contributed by atoms with van der Waals surface area (Å²) < 4.78 is 9.97. The molecule has 3 amide bonds. The lowest BCUT2D eigenvalue weighted by atomic mass is 9.98. The van der Waals surface area contributed by atoms with E-state index in [1.807, 2.05) is 6.26 Å². The van der Waals surface area contributed by atoms with Crippen LogP contribution in [0.2, 0.25) is 0 Å². The number of nitrogens with zero attached hydrogens (tertiary/aromatic N) is 1. The van der Waals surface area contributed by atoms with Gasteiger partial charge in [-0.05, 0) is 18.1 Å². The van der Waals surface area contributed by atoms with Gasteiger partial charge in [-0.2, -0.15) is 0 Å². The van der Waals surface area contributed by atoms with E-state index in [0.29, 0.717) is 0 Å². The van der Waals surface area contributed by atoms with Crippen molar-refractivity contribution in [3.05, 3.63) is 22.3 Å². The summed E-state index contributed by atoms with van der Waals surface area (Å²) in [6, 6.07) is 0. The van der Waals surface area contributed by atoms with Crippen LogP contribution in [0.1, 0.15) is 13.3 Å². The minimum atomic E-state index is -1.68. The van der Waals surface area contributed by atoms with Gasteiger partial charge in [-0.1, -0.05) is 6.08 Å². The summed E-state index contributed by atoms with van der Waals surface area (Å²) in [5.74, 6) is -2.66. The Hall–Kier alpha value is -2.18. The first-order chi connectivity index (χ1) is 13.2. The van der Waals surface area contributed by atoms with Crippen molar-refractivity contribution in [2.75, 3.05) is 25.7 Å². The van der Waals surface area contributed by atoms with Crippen LogP contribution in [-0.4, -0.2) is 65.6 Å². The highest BCUT2D eigenvalue weighted by Crippen LogP contribution is 2.46. The Morgan fingerprint density at radius 1 is 1.50 bits per heavy atom. The summed E-state index contributed by atoms with van der Waals surface area (Å²) >= 11 is 2.57. The summed E-state index contributed by atoms with van der Waals surface area (Å²) in [4.78, 5) is 49.4. The monoisotopic (exact) mass is 430 g/mol. The van der Waals surface area contributed by atoms with Crippen LogP contribution in [0.15, 0.2) is 22.3 Å². The highest BCUT2D eigenvalue weighted by molar-refractivity contribution is 8.02. The van der Waals surface area contributed by atoms with Crippen molar-refractivity contribution in [1.82, 2.24) is 10.2 Å². The van der Waals surface area contributed by atoms with Crippen molar-refractivity contribution < 1.29 is 33.8 Å². The van der Waals surface area contributed by atoms with Gasteiger partial charge in [0, 0.05) is 18.4 Å². The number of nitrogens with two attached hydrogens (primary N) is 1. The molecule has 1 fully saturated rings. The Labute approximate surface area is 169 Å². The fourth-order valence-electron chi connectivity index (χ4n) is 2.90. The number of amides is 3. The summed E-state index contributed by atoms with van der Waals surface area (Å²) in [7, 11) is 1.26. The van der Waals surface area contributed by atoms with Crippen molar-refractivity contribution in [3.8, 4) is 0 Å². The molecule has 0 spiro atoms. The molecule has 0 aromatic carbocycles. The zero-order chi connectivity index (χ0) is 21.1. The Balaban J connectivity index is 2.26. The smallest absolute Gasteiger partial charge is 0.404 e. The topological polar surface area (TPSA) is 151 Å². The minimum Gasteiger partial charge on any atom is -0.543 e. The number of fused-ring (bicyclic) bond motifs is 1. The lowest BCUT2D eigenvalue weighted by Gasteiger charge is -2.56. The fraction of sp³-hybridized carbons (Fsp3) is 0.500. The van der Waals surface area contributed by atoms with Crippen molar-refractivity contribution >= 4 is 47.4 Å². The largest absolute Gasteiger partial charge is 0.543 e. The van der Waals surface area contributed by atoms with Crippen LogP contribution >= 0.6 is 23.5 Å². The number of ether oxygens (including phenoxy) is 2. The minimum absolute atomic E-state index is 0.0638. The average Bonchev–Trinajstić information content (AvgIpc) is 2.67. The number of allylic oxidation sites excluding steroid dienone is 1. The average molecular weight is 430 g/mol. The van der Waals surface area contributed by atoms with Crippen LogP contribution < -0.4 is 16.2 Å². The third-order valence-electron chi connectivity index (χ3n) is 4.26. The summed E-state index contributed by atoms with van der Waals surface area (Å²) in [5, 5.41) is 13.4. The van der Waals surface area contributed by atoms with Crippen molar-refractivity contribution in [3.63, 3.8) is 0 Å². The molecular weight excluding hydrogens is 410 g/mol. The zero-order valence-electron chi connectivity index (χ0n) is 15.5. The third-order valence-corrected chi connectivity index (χ3v) is 6.54. The second kappa shape index (κ2) is 8.88. The summed E-state index contributed by atoms with van der Waals surface area (Å²) in [5.41, 5.74) is 2.99. The molecule has 2 aliphatic rings. The number of hydrogen-bond donors (Lipinski definition) is 2. The molecule has 0 radical (unpaired) electrons. The zero-order valence-corrected chi connectivity index (χ0v) is 17.1. The van der Waals surface area contributed by atoms with Gasteiger partial charge < -0.3 is 30.4 Å². The van der Waals surface area contributed by atoms with E-state index in [1.54, 1.807) is 13.0 Å². The SMILES string of the molecule is C/C=C(\CC(=O)N[C@]1(OC)C(=O)N2C(C(=O)[O-])=C(COC(N)=O)CS[C@@H]21)SC. The van der Waals surface area contributed by atoms with Gasteiger partial charge in [0.2, 0.25) is 5.91 Å². The van der Waals surface area contributed by atoms with Crippen molar-refractivity contribution in [2.24, 2.45) is 5.73 Å². The van der Waals surface area contributed by atoms with E-state index in [0.717, 1.165) is 9.81 Å². The van der Waals surface area contributed by atoms with Gasteiger partial charge in [-0.25, -0.2) is 4.79 Å². The number of carbonyl (C=O) groups is 4. The normalized spacial score (nSPS) is 24.4. The number of aliphatic carboxylic acids is 1. The molecule has 0 aromatic heterocycles. The van der Waals surface area contributed by atoms with Gasteiger partial charge in [0.15, 0.2) is 0 Å². The third kappa shape index (κ3) is 3.98. The van der Waals surface area contributed by atoms with Crippen LogP contribution in [0.5, 0.6) is 0 Å². The fourth-order valence-corrected chi connectivity index (χ4v) is 4.83. The number of thioether (sulfide) groups is 2. The number of carboxylic acid groups (broad SMARTS) is 1. The number of carboxylic acids is 1. The van der Waals surface area contributed by atoms with Gasteiger partial charge in [-0.15, -0.1) is 23.5 Å². The van der Waals surface area contributed by atoms with E-state index in [1.165, 1.54) is 30.6 Å². The van der Waals surface area contributed by atoms with Crippen molar-refractivity contribution in [2.45, 2.75) is 24.4 Å². The van der Waals surface area contributed by atoms with Gasteiger partial charge in [0.25, 0.3) is 11.6 Å². The van der Waals surface area contributed by atoms with Crippen molar-refractivity contribution in [1.29, 1.82) is 0 Å². The molecule has 0 unspecified atom stereocenters. The summed E-state index contributed by atoms with van der Waals surface area (Å²) in [6.07, 6.45) is 2.61. The van der Waals surface area contributed by atoms with E-state index < -0.39 is 40.7 Å². The molecule has 2 atom stereocenters. The standard InChI is InChI=1S/C16H21N3O7S2/c1-4-9(27-3)5-10(20)18-16(25-2)13(23)19-11(12(21)22)8(6-26-15(17)24)7-28-14(16)19/h4,14H,5-7H2,1-3H3,(H2,17,24)(H,18,20)(H,21,22)/p-1/b9-4+/t14-,16+/m1/s1. The van der Waals surface area contributed by atoms with Crippen LogP contribution in [0.3, 0.4) is 0 Å². The van der Waals surface area contributed by atoms with Gasteiger partial charge in [0.05, 0.1) is 18.1 Å². The summed E-state index contributed by atoms with van der Waals surface area (Å²) in [6.45, 7) is 1.41. The predicted octanol–water partition coefficient (Wildman–Crippen LogP) is -0.883. The lowest BCUT2D eigenvalue weighted by molar-refractivity contribution is -0.302. The van der Waals surface area contributed by atoms with E-state index in [9.17, 15) is 24.3 Å². The van der Waals surface area contributed by atoms with E-state index in [2.05, 4.69) is 10.1 Å². The van der Waals surface area contributed by atoms with Gasteiger partial charge >= 0.3 is 6.09 Å². The number of methoxy groups -OCH3 is 1. The maximum atomic E-state index is 12.8. The number of β-lactam (4-membered cyclic amide) rings is 1. The quantitative estimate of drug-likeness (QED) is 0.369. The maximum Gasteiger partial charge on any atom is 0.404 e. The molecule has 0 aromatic rings. The first kappa shape index (κ1) is 22.1. The molecular formula is C16H20N3O7S2-. The molecule has 12 heteroatoms. The van der Waals surface area contributed by atoms with E-state index >= 15 is 0 Å². The van der Waals surface area contributed by atoms with Crippen LogP contribution in [0.25, 0.3) is 0 Å². The molecule has 3 N–H and O–H groups in total. The molecule has 0 saturated carbocycles. The molecule has 10 nitrogen and oxygen atoms in total. The highest BCUT2D eigenvalue weighted by atomic mass is 32.2. The van der Waals surface area contributed by atoms with E-state index in [4.69, 9.17) is 10.5 Å². The Morgan fingerprint density at radius 3 is 2.68 bits per heavy atom. The molecule has 2 heterocycles. The van der Waals surface area contributed by atoms with Crippen LogP contribution in [-0.2, 0) is 23.9 Å². The molecule has 1 saturated heterocycles. The molecule has 0 aliphatic carbocycles. The Bertz CT molecular complexity index is 767. The van der Waals surface area contributed by atoms with Crippen LogP contribution in [0.4, 0.5) is 4.79 Å². The highest BCUT2D eigenvalue weighted by Gasteiger charge is 2.65. The predicted molar refractivity (Wildman–Crippen MR) is 100 cm³/mol. The molecule has 2 rings (SSSR count). The number of hydrogen-bond acceptors (Lipinski definition) is 9. The molecule has 2 aliphatic heterocycles.